The first-order chi connectivity index (χ1) is 9.56. The number of hydrogen-bond donors (Lipinski definition) is 1. The average molecular weight is 297 g/mol. The summed E-state index contributed by atoms with van der Waals surface area (Å²) >= 11 is 6.20. The predicted molar refractivity (Wildman–Crippen MR) is 80.2 cm³/mol. The normalized spacial score (nSPS) is 26.9. The standard InChI is InChI=1S/C14H21ClN4O/c1-9-6-18(8-12(9)16)13-11(15)5-17-19(14(13)20)7-10-3-2-4-10/h5,9-10,12H,2-4,6-8,16H2,1H3. The number of hydrogen-bond acceptors (Lipinski definition) is 4. The molecule has 1 aromatic heterocycles. The Morgan fingerprint density at radius 1 is 1.45 bits per heavy atom. The highest BCUT2D eigenvalue weighted by Gasteiger charge is 2.30. The van der Waals surface area contributed by atoms with Gasteiger partial charge in [-0.1, -0.05) is 24.9 Å². The van der Waals surface area contributed by atoms with E-state index in [0.29, 0.717) is 35.6 Å². The van der Waals surface area contributed by atoms with Gasteiger partial charge in [-0.15, -0.1) is 0 Å². The molecule has 2 unspecified atom stereocenters. The molecule has 0 aromatic carbocycles. The van der Waals surface area contributed by atoms with Crippen molar-refractivity contribution in [2.45, 2.75) is 38.8 Å². The van der Waals surface area contributed by atoms with Crippen molar-refractivity contribution in [3.05, 3.63) is 21.6 Å². The van der Waals surface area contributed by atoms with Crippen molar-refractivity contribution >= 4 is 17.3 Å². The van der Waals surface area contributed by atoms with Crippen molar-refractivity contribution in [1.29, 1.82) is 0 Å². The molecular weight excluding hydrogens is 276 g/mol. The molecule has 110 valence electrons. The maximum Gasteiger partial charge on any atom is 0.291 e. The molecule has 3 rings (SSSR count). The molecule has 0 bridgehead atoms. The van der Waals surface area contributed by atoms with Gasteiger partial charge in [0.1, 0.15) is 5.69 Å². The maximum atomic E-state index is 12.6. The Hall–Kier alpha value is -1.07. The van der Waals surface area contributed by atoms with Crippen molar-refractivity contribution < 1.29 is 0 Å². The molecule has 0 spiro atoms. The quantitative estimate of drug-likeness (QED) is 0.918. The van der Waals surface area contributed by atoms with Crippen LogP contribution in [0.5, 0.6) is 0 Å². The highest BCUT2D eigenvalue weighted by Crippen LogP contribution is 2.29. The lowest BCUT2D eigenvalue weighted by Gasteiger charge is -2.26. The van der Waals surface area contributed by atoms with Crippen LogP contribution < -0.4 is 16.2 Å². The molecule has 1 aliphatic carbocycles. The lowest BCUT2D eigenvalue weighted by atomic mass is 9.85. The number of halogens is 1. The third kappa shape index (κ3) is 2.44. The van der Waals surface area contributed by atoms with E-state index >= 15 is 0 Å². The highest BCUT2D eigenvalue weighted by atomic mass is 35.5. The molecule has 20 heavy (non-hydrogen) atoms. The summed E-state index contributed by atoms with van der Waals surface area (Å²) in [7, 11) is 0. The van der Waals surface area contributed by atoms with Crippen LogP contribution in [0, 0.1) is 11.8 Å². The maximum absolute atomic E-state index is 12.6. The van der Waals surface area contributed by atoms with Gasteiger partial charge in [-0.05, 0) is 24.7 Å². The SMILES string of the molecule is CC1CN(c2c(Cl)cnn(CC3CCC3)c2=O)CC1N. The van der Waals surface area contributed by atoms with E-state index in [1.165, 1.54) is 19.3 Å². The summed E-state index contributed by atoms with van der Waals surface area (Å²) in [6, 6.07) is 0.0960. The molecule has 1 saturated heterocycles. The molecule has 6 heteroatoms. The van der Waals surface area contributed by atoms with Gasteiger partial charge in [0.2, 0.25) is 0 Å². The van der Waals surface area contributed by atoms with Crippen LogP contribution in [0.1, 0.15) is 26.2 Å². The third-order valence-corrected chi connectivity index (χ3v) is 4.89. The van der Waals surface area contributed by atoms with Gasteiger partial charge in [-0.25, -0.2) is 4.68 Å². The van der Waals surface area contributed by atoms with Crippen LogP contribution in [-0.2, 0) is 6.54 Å². The van der Waals surface area contributed by atoms with E-state index in [1.54, 1.807) is 10.9 Å². The first-order valence-corrected chi connectivity index (χ1v) is 7.70. The molecule has 1 aromatic rings. The smallest absolute Gasteiger partial charge is 0.291 e. The van der Waals surface area contributed by atoms with Crippen molar-refractivity contribution in [1.82, 2.24) is 9.78 Å². The van der Waals surface area contributed by atoms with Crippen molar-refractivity contribution in [3.63, 3.8) is 0 Å². The molecule has 2 heterocycles. The zero-order valence-electron chi connectivity index (χ0n) is 11.8. The Bertz CT molecular complexity index is 545. The van der Waals surface area contributed by atoms with Gasteiger partial charge >= 0.3 is 0 Å². The molecule has 2 N–H and O–H groups in total. The monoisotopic (exact) mass is 296 g/mol. The molecule has 2 atom stereocenters. The lowest BCUT2D eigenvalue weighted by molar-refractivity contribution is 0.262. The summed E-state index contributed by atoms with van der Waals surface area (Å²) in [6.45, 7) is 4.28. The fraction of sp³-hybridized carbons (Fsp3) is 0.714. The largest absolute Gasteiger partial charge is 0.364 e. The van der Waals surface area contributed by atoms with Crippen LogP contribution in [0.4, 0.5) is 5.69 Å². The summed E-state index contributed by atoms with van der Waals surface area (Å²) in [6.07, 6.45) is 5.24. The molecule has 2 aliphatic rings. The fourth-order valence-electron chi connectivity index (χ4n) is 2.97. The van der Waals surface area contributed by atoms with Gasteiger partial charge in [-0.2, -0.15) is 5.10 Å². The molecule has 2 fully saturated rings. The molecule has 0 amide bonds. The lowest BCUT2D eigenvalue weighted by Crippen LogP contribution is -2.35. The van der Waals surface area contributed by atoms with Crippen LogP contribution in [0.15, 0.2) is 11.0 Å². The van der Waals surface area contributed by atoms with Gasteiger partial charge in [0.25, 0.3) is 5.56 Å². The summed E-state index contributed by atoms with van der Waals surface area (Å²) in [5.41, 5.74) is 6.54. The number of nitrogens with two attached hydrogens (primary N) is 1. The zero-order valence-corrected chi connectivity index (χ0v) is 12.5. The molecule has 0 radical (unpaired) electrons. The summed E-state index contributed by atoms with van der Waals surface area (Å²) in [4.78, 5) is 14.6. The third-order valence-electron chi connectivity index (χ3n) is 4.62. The Labute approximate surface area is 123 Å². The van der Waals surface area contributed by atoms with Crippen LogP contribution in [0.25, 0.3) is 0 Å². The second kappa shape index (κ2) is 5.37. The van der Waals surface area contributed by atoms with Crippen LogP contribution >= 0.6 is 11.6 Å². The topological polar surface area (TPSA) is 64.2 Å². The number of anilines is 1. The van der Waals surface area contributed by atoms with Crippen LogP contribution in [0.3, 0.4) is 0 Å². The van der Waals surface area contributed by atoms with Crippen LogP contribution in [0.2, 0.25) is 5.02 Å². The van der Waals surface area contributed by atoms with E-state index < -0.39 is 0 Å². The van der Waals surface area contributed by atoms with Gasteiger partial charge in [0.05, 0.1) is 11.2 Å². The molecule has 1 saturated carbocycles. The summed E-state index contributed by atoms with van der Waals surface area (Å²) in [5, 5.41) is 4.62. The number of rotatable bonds is 3. The highest BCUT2D eigenvalue weighted by molar-refractivity contribution is 6.33. The van der Waals surface area contributed by atoms with Gasteiger partial charge in [0.15, 0.2) is 0 Å². The Morgan fingerprint density at radius 3 is 2.75 bits per heavy atom. The van der Waals surface area contributed by atoms with Gasteiger partial charge in [0, 0.05) is 25.7 Å². The van der Waals surface area contributed by atoms with Crippen molar-refractivity contribution in [2.75, 3.05) is 18.0 Å². The van der Waals surface area contributed by atoms with E-state index in [9.17, 15) is 4.79 Å². The Balaban J connectivity index is 1.89. The Morgan fingerprint density at radius 2 is 2.20 bits per heavy atom. The van der Waals surface area contributed by atoms with E-state index in [-0.39, 0.29) is 11.6 Å². The van der Waals surface area contributed by atoms with E-state index in [4.69, 9.17) is 17.3 Å². The minimum atomic E-state index is -0.0781. The molecule has 1 aliphatic heterocycles. The minimum Gasteiger partial charge on any atom is -0.364 e. The van der Waals surface area contributed by atoms with Gasteiger partial charge in [-0.3, -0.25) is 4.79 Å². The Kier molecular flexibility index (Phi) is 3.73. The van der Waals surface area contributed by atoms with E-state index in [1.807, 2.05) is 4.90 Å². The number of aromatic nitrogens is 2. The van der Waals surface area contributed by atoms with Crippen LogP contribution in [-0.4, -0.2) is 28.9 Å². The minimum absolute atomic E-state index is 0.0781. The fourth-order valence-corrected chi connectivity index (χ4v) is 3.21. The first-order valence-electron chi connectivity index (χ1n) is 7.32. The summed E-state index contributed by atoms with van der Waals surface area (Å²) < 4.78 is 1.57. The summed E-state index contributed by atoms with van der Waals surface area (Å²) in [5.74, 6) is 0.965. The van der Waals surface area contributed by atoms with Crippen molar-refractivity contribution in [2.24, 2.45) is 17.6 Å². The van der Waals surface area contributed by atoms with E-state index in [2.05, 4.69) is 12.0 Å². The predicted octanol–water partition coefficient (Wildman–Crippen LogP) is 1.48. The zero-order chi connectivity index (χ0) is 14.3. The van der Waals surface area contributed by atoms with E-state index in [0.717, 1.165) is 6.54 Å². The second-order valence-corrected chi connectivity index (χ2v) is 6.58. The first kappa shape index (κ1) is 13.9. The molecule has 5 nitrogen and oxygen atoms in total. The van der Waals surface area contributed by atoms with Gasteiger partial charge < -0.3 is 10.6 Å². The number of nitrogens with zero attached hydrogens (tertiary/aromatic N) is 3. The molecular formula is C14H21ClN4O. The average Bonchev–Trinajstić information content (AvgIpc) is 2.66. The second-order valence-electron chi connectivity index (χ2n) is 6.17. The van der Waals surface area contributed by atoms with Crippen molar-refractivity contribution in [3.8, 4) is 0 Å².